The number of nitrogens with zero attached hydrogens (tertiary/aromatic N) is 1. The molecule has 0 aromatic heterocycles. The zero-order valence-corrected chi connectivity index (χ0v) is 16.1. The third-order valence-corrected chi connectivity index (χ3v) is 5.31. The summed E-state index contributed by atoms with van der Waals surface area (Å²) in [5.74, 6) is 0. The van der Waals surface area contributed by atoms with E-state index in [1.807, 2.05) is 17.0 Å². The number of alkyl halides is 6. The zero-order chi connectivity index (χ0) is 23.0. The number of rotatable bonds is 5. The molecule has 0 amide bonds. The molecule has 0 unspecified atom stereocenters. The second kappa shape index (κ2) is 7.92. The van der Waals surface area contributed by atoms with Gasteiger partial charge in [0.2, 0.25) is 0 Å². The van der Waals surface area contributed by atoms with Crippen molar-refractivity contribution in [3.8, 4) is 0 Å². The Balaban J connectivity index is 1.83. The van der Waals surface area contributed by atoms with E-state index in [-0.39, 0.29) is 6.54 Å². The maximum atomic E-state index is 13.0. The van der Waals surface area contributed by atoms with Crippen molar-refractivity contribution in [2.75, 3.05) is 11.4 Å². The van der Waals surface area contributed by atoms with Gasteiger partial charge < -0.3 is 21.1 Å². The van der Waals surface area contributed by atoms with Crippen LogP contribution in [0, 0.1) is 5.41 Å². The smallest absolute Gasteiger partial charge is 0.404 e. The normalized spacial score (nSPS) is 15.2. The van der Waals surface area contributed by atoms with E-state index in [1.165, 1.54) is 6.20 Å². The number of aliphatic hydroxyl groups is 1. The van der Waals surface area contributed by atoms with Gasteiger partial charge in [0.05, 0.1) is 0 Å². The zero-order valence-electron chi connectivity index (χ0n) is 16.1. The molecule has 0 atom stereocenters. The lowest BCUT2D eigenvalue weighted by Crippen LogP contribution is -2.53. The Labute approximate surface area is 174 Å². The van der Waals surface area contributed by atoms with Crippen LogP contribution in [-0.4, -0.2) is 30.2 Å². The molecule has 0 fully saturated rings. The summed E-state index contributed by atoms with van der Waals surface area (Å²) in [4.78, 5) is 1.95. The summed E-state index contributed by atoms with van der Waals surface area (Å²) < 4.78 is 78.1. The predicted molar refractivity (Wildman–Crippen MR) is 105 cm³/mol. The van der Waals surface area contributed by atoms with E-state index in [0.29, 0.717) is 36.2 Å². The number of hydrogen-bond acceptors (Lipinski definition) is 4. The summed E-state index contributed by atoms with van der Waals surface area (Å²) in [7, 11) is 0. The SMILES string of the molecule is N=CC(=CN)c1ccc2c(c1)CCN2Cc1ccc(C(O)(C(F)(F)F)C(F)(F)F)cc1. The first-order valence-electron chi connectivity index (χ1n) is 9.18. The van der Waals surface area contributed by atoms with Crippen molar-refractivity contribution in [3.63, 3.8) is 0 Å². The predicted octanol–water partition coefficient (Wildman–Crippen LogP) is 4.51. The minimum atomic E-state index is -5.91. The Bertz CT molecular complexity index is 982. The molecule has 2 aromatic carbocycles. The molecular formula is C21H19F6N3O. The van der Waals surface area contributed by atoms with Crippen LogP contribution in [0.25, 0.3) is 5.57 Å². The molecule has 2 aromatic rings. The molecule has 31 heavy (non-hydrogen) atoms. The summed E-state index contributed by atoms with van der Waals surface area (Å²) in [5.41, 5.74) is 3.00. The highest BCUT2D eigenvalue weighted by molar-refractivity contribution is 6.08. The monoisotopic (exact) mass is 443 g/mol. The maximum absolute atomic E-state index is 13.0. The fourth-order valence-electron chi connectivity index (χ4n) is 3.60. The van der Waals surface area contributed by atoms with Gasteiger partial charge in [-0.1, -0.05) is 30.3 Å². The molecule has 4 nitrogen and oxygen atoms in total. The van der Waals surface area contributed by atoms with E-state index in [0.717, 1.165) is 35.2 Å². The molecule has 166 valence electrons. The highest BCUT2D eigenvalue weighted by atomic mass is 19.4. The first-order chi connectivity index (χ1) is 14.4. The van der Waals surface area contributed by atoms with E-state index in [9.17, 15) is 31.4 Å². The number of halogens is 6. The summed E-state index contributed by atoms with van der Waals surface area (Å²) in [6.45, 7) is 0.884. The quantitative estimate of drug-likeness (QED) is 0.470. The van der Waals surface area contributed by atoms with Crippen LogP contribution in [0.3, 0.4) is 0 Å². The summed E-state index contributed by atoms with van der Waals surface area (Å²) in [6, 6.07) is 9.12. The molecule has 1 aliphatic heterocycles. The highest BCUT2D eigenvalue weighted by Crippen LogP contribution is 2.50. The first kappa shape index (κ1) is 22.7. The van der Waals surface area contributed by atoms with Crippen LogP contribution in [-0.2, 0) is 18.6 Å². The Morgan fingerprint density at radius 2 is 1.65 bits per heavy atom. The molecule has 0 bridgehead atoms. The lowest BCUT2D eigenvalue weighted by atomic mass is 9.91. The van der Waals surface area contributed by atoms with E-state index in [2.05, 4.69) is 0 Å². The Morgan fingerprint density at radius 3 is 2.16 bits per heavy atom. The Kier molecular flexibility index (Phi) is 5.79. The van der Waals surface area contributed by atoms with Crippen molar-refractivity contribution in [1.29, 1.82) is 5.41 Å². The van der Waals surface area contributed by atoms with Crippen LogP contribution >= 0.6 is 0 Å². The number of allylic oxidation sites excluding steroid dienone is 1. The third kappa shape index (κ3) is 3.99. The number of fused-ring (bicyclic) bond motifs is 1. The van der Waals surface area contributed by atoms with Gasteiger partial charge in [-0.15, -0.1) is 0 Å². The van der Waals surface area contributed by atoms with Gasteiger partial charge in [0, 0.05) is 42.3 Å². The van der Waals surface area contributed by atoms with Crippen molar-refractivity contribution in [2.24, 2.45) is 5.73 Å². The van der Waals surface area contributed by atoms with Crippen molar-refractivity contribution >= 4 is 17.5 Å². The van der Waals surface area contributed by atoms with E-state index in [1.54, 1.807) is 6.07 Å². The topological polar surface area (TPSA) is 73.3 Å². The van der Waals surface area contributed by atoms with Gasteiger partial charge in [0.25, 0.3) is 5.60 Å². The van der Waals surface area contributed by atoms with E-state index < -0.39 is 23.5 Å². The largest absolute Gasteiger partial charge is 0.430 e. The molecular weight excluding hydrogens is 424 g/mol. The first-order valence-corrected chi connectivity index (χ1v) is 9.18. The summed E-state index contributed by atoms with van der Waals surface area (Å²) >= 11 is 0. The van der Waals surface area contributed by atoms with Gasteiger partial charge >= 0.3 is 12.4 Å². The number of nitrogens with one attached hydrogen (secondary N) is 1. The summed E-state index contributed by atoms with van der Waals surface area (Å²) in [5, 5.41) is 16.9. The molecule has 1 aliphatic rings. The summed E-state index contributed by atoms with van der Waals surface area (Å²) in [6.07, 6.45) is -8.67. The van der Waals surface area contributed by atoms with Crippen molar-refractivity contribution in [3.05, 3.63) is 70.9 Å². The lowest BCUT2D eigenvalue weighted by Gasteiger charge is -2.32. The van der Waals surface area contributed by atoms with Crippen molar-refractivity contribution in [2.45, 2.75) is 30.9 Å². The van der Waals surface area contributed by atoms with Gasteiger partial charge in [-0.3, -0.25) is 0 Å². The fourth-order valence-corrected chi connectivity index (χ4v) is 3.60. The van der Waals surface area contributed by atoms with Gasteiger partial charge in [-0.25, -0.2) is 0 Å². The molecule has 10 heteroatoms. The fraction of sp³-hybridized carbons (Fsp3) is 0.286. The maximum Gasteiger partial charge on any atom is 0.430 e. The van der Waals surface area contributed by atoms with Crippen LogP contribution < -0.4 is 10.6 Å². The molecule has 1 heterocycles. The standard InChI is InChI=1S/C21H19F6N3O/c22-20(23,24)19(31,21(25,26)27)17-4-1-13(2-5-17)12-30-8-7-15-9-14(3-6-18(15)30)16(10-28)11-29/h1-6,9-11,28,31H,7-8,12,29H2. The van der Waals surface area contributed by atoms with E-state index in [4.69, 9.17) is 11.1 Å². The number of hydrogen-bond donors (Lipinski definition) is 3. The Morgan fingerprint density at radius 1 is 1.03 bits per heavy atom. The molecule has 0 radical (unpaired) electrons. The average molecular weight is 443 g/mol. The third-order valence-electron chi connectivity index (χ3n) is 5.31. The van der Waals surface area contributed by atoms with Crippen LogP contribution in [0.2, 0.25) is 0 Å². The molecule has 3 rings (SSSR count). The second-order valence-electron chi connectivity index (χ2n) is 7.18. The van der Waals surface area contributed by atoms with Crippen molar-refractivity contribution < 1.29 is 31.4 Å². The van der Waals surface area contributed by atoms with Crippen LogP contribution in [0.15, 0.2) is 48.7 Å². The highest BCUT2D eigenvalue weighted by Gasteiger charge is 2.71. The van der Waals surface area contributed by atoms with Crippen LogP contribution in [0.5, 0.6) is 0 Å². The Hall–Kier alpha value is -3.01. The molecule has 4 N–H and O–H groups in total. The van der Waals surface area contributed by atoms with Crippen molar-refractivity contribution in [1.82, 2.24) is 0 Å². The number of nitrogens with two attached hydrogens (primary N) is 1. The van der Waals surface area contributed by atoms with E-state index >= 15 is 0 Å². The average Bonchev–Trinajstić information content (AvgIpc) is 3.09. The van der Waals surface area contributed by atoms with Crippen LogP contribution in [0.1, 0.15) is 22.3 Å². The molecule has 0 aliphatic carbocycles. The molecule has 0 spiro atoms. The van der Waals surface area contributed by atoms with Gasteiger partial charge in [0.1, 0.15) is 0 Å². The minimum absolute atomic E-state index is 0.271. The number of anilines is 1. The second-order valence-corrected chi connectivity index (χ2v) is 7.18. The lowest BCUT2D eigenvalue weighted by molar-refractivity contribution is -0.376. The molecule has 0 saturated carbocycles. The van der Waals surface area contributed by atoms with Gasteiger partial charge in [-0.05, 0) is 35.2 Å². The molecule has 0 saturated heterocycles. The van der Waals surface area contributed by atoms with Gasteiger partial charge in [0.15, 0.2) is 0 Å². The number of benzene rings is 2. The minimum Gasteiger partial charge on any atom is -0.404 e. The van der Waals surface area contributed by atoms with Crippen LogP contribution in [0.4, 0.5) is 32.0 Å². The van der Waals surface area contributed by atoms with Gasteiger partial charge in [-0.2, -0.15) is 26.3 Å².